The molecular formula is C27H25ClN2O4. The Balaban J connectivity index is 1.34. The van der Waals surface area contributed by atoms with Gasteiger partial charge in [-0.1, -0.05) is 54.1 Å². The third-order valence-electron chi connectivity index (χ3n) is 8.00. The second-order valence-electron chi connectivity index (χ2n) is 9.74. The summed E-state index contributed by atoms with van der Waals surface area (Å²) in [6.07, 6.45) is 5.61. The van der Waals surface area contributed by atoms with Crippen LogP contribution in [0.2, 0.25) is 5.02 Å². The van der Waals surface area contributed by atoms with Gasteiger partial charge in [-0.3, -0.25) is 19.3 Å². The predicted molar refractivity (Wildman–Crippen MR) is 127 cm³/mol. The molecule has 1 N–H and O–H groups in total. The fourth-order valence-electron chi connectivity index (χ4n) is 6.42. The minimum Gasteiger partial charge on any atom is -0.495 e. The van der Waals surface area contributed by atoms with E-state index in [1.54, 1.807) is 18.2 Å². The van der Waals surface area contributed by atoms with Gasteiger partial charge in [-0.25, -0.2) is 0 Å². The van der Waals surface area contributed by atoms with Gasteiger partial charge in [0, 0.05) is 11.4 Å². The zero-order chi connectivity index (χ0) is 23.6. The van der Waals surface area contributed by atoms with Crippen molar-refractivity contribution in [2.75, 3.05) is 12.4 Å². The highest BCUT2D eigenvalue weighted by atomic mass is 35.5. The maximum Gasteiger partial charge on any atom is 0.248 e. The van der Waals surface area contributed by atoms with Crippen LogP contribution in [0.15, 0.2) is 60.7 Å². The molecule has 0 radical (unpaired) electrons. The van der Waals surface area contributed by atoms with E-state index in [9.17, 15) is 14.4 Å². The molecule has 174 valence electrons. The van der Waals surface area contributed by atoms with Gasteiger partial charge in [0.1, 0.15) is 11.8 Å². The number of allylic oxidation sites excluding steroid dienone is 2. The van der Waals surface area contributed by atoms with Gasteiger partial charge in [0.25, 0.3) is 0 Å². The minimum atomic E-state index is -0.965. The fourth-order valence-corrected chi connectivity index (χ4v) is 6.59. The number of hydrogen-bond donors (Lipinski definition) is 1. The average Bonchev–Trinajstić information content (AvgIpc) is 3.62. The van der Waals surface area contributed by atoms with Crippen LogP contribution in [0.1, 0.15) is 12.0 Å². The first kappa shape index (κ1) is 21.4. The number of rotatable bonds is 6. The van der Waals surface area contributed by atoms with Gasteiger partial charge in [0.05, 0.1) is 24.6 Å². The van der Waals surface area contributed by atoms with E-state index in [0.29, 0.717) is 28.3 Å². The molecule has 7 rings (SSSR count). The normalized spacial score (nSPS) is 31.2. The zero-order valence-corrected chi connectivity index (χ0v) is 19.4. The van der Waals surface area contributed by atoms with Crippen LogP contribution >= 0.6 is 11.6 Å². The van der Waals surface area contributed by atoms with Crippen molar-refractivity contribution in [3.8, 4) is 5.75 Å². The molecule has 3 fully saturated rings. The molecule has 5 aliphatic rings. The SMILES string of the molecule is COc1ccc(Cl)cc1NC(=O)C(Cc1ccccc1)N1C(=O)C2C3C=CC(C4CC34)C2C1=O. The Bertz CT molecular complexity index is 1180. The van der Waals surface area contributed by atoms with Gasteiger partial charge in [-0.15, -0.1) is 0 Å². The smallest absolute Gasteiger partial charge is 0.248 e. The summed E-state index contributed by atoms with van der Waals surface area (Å²) in [6, 6.07) is 13.4. The van der Waals surface area contributed by atoms with Crippen LogP contribution in [0.5, 0.6) is 5.75 Å². The number of amides is 3. The monoisotopic (exact) mass is 476 g/mol. The lowest BCUT2D eigenvalue weighted by atomic mass is 9.63. The number of likely N-dealkylation sites (tertiary alicyclic amines) is 1. The molecule has 2 saturated carbocycles. The Morgan fingerprint density at radius 2 is 1.71 bits per heavy atom. The first-order valence-corrected chi connectivity index (χ1v) is 12.1. The lowest BCUT2D eigenvalue weighted by molar-refractivity contribution is -0.146. The maximum atomic E-state index is 13.7. The van der Waals surface area contributed by atoms with Crippen molar-refractivity contribution < 1.29 is 19.1 Å². The van der Waals surface area contributed by atoms with Crippen LogP contribution in [0.4, 0.5) is 5.69 Å². The molecule has 0 spiro atoms. The Hall–Kier alpha value is -3.12. The van der Waals surface area contributed by atoms with Crippen molar-refractivity contribution in [2.24, 2.45) is 35.5 Å². The Kier molecular flexibility index (Phi) is 5.03. The molecule has 7 atom stereocenters. The van der Waals surface area contributed by atoms with Gasteiger partial charge >= 0.3 is 0 Å². The molecule has 34 heavy (non-hydrogen) atoms. The number of benzene rings is 2. The quantitative estimate of drug-likeness (QED) is 0.506. The van der Waals surface area contributed by atoms with E-state index in [2.05, 4.69) is 17.5 Å². The number of hydrogen-bond acceptors (Lipinski definition) is 4. The number of carbonyl (C=O) groups excluding carboxylic acids is 3. The second-order valence-corrected chi connectivity index (χ2v) is 10.2. The minimum absolute atomic E-state index is 0.106. The molecule has 7 heteroatoms. The molecule has 2 bridgehead atoms. The van der Waals surface area contributed by atoms with Crippen LogP contribution < -0.4 is 10.1 Å². The molecular weight excluding hydrogens is 452 g/mol. The van der Waals surface area contributed by atoms with Crippen LogP contribution in [-0.4, -0.2) is 35.8 Å². The number of ether oxygens (including phenoxy) is 1. The van der Waals surface area contributed by atoms with E-state index in [0.717, 1.165) is 12.0 Å². The lowest BCUT2D eigenvalue weighted by Gasteiger charge is -2.37. The van der Waals surface area contributed by atoms with Crippen molar-refractivity contribution >= 4 is 35.0 Å². The maximum absolute atomic E-state index is 13.7. The van der Waals surface area contributed by atoms with Crippen molar-refractivity contribution in [1.82, 2.24) is 4.90 Å². The van der Waals surface area contributed by atoms with Crippen molar-refractivity contribution in [1.29, 1.82) is 0 Å². The molecule has 4 aliphatic carbocycles. The van der Waals surface area contributed by atoms with Gasteiger partial charge in [0.15, 0.2) is 0 Å². The van der Waals surface area contributed by atoms with E-state index in [4.69, 9.17) is 16.3 Å². The number of carbonyl (C=O) groups is 3. The molecule has 6 nitrogen and oxygen atoms in total. The summed E-state index contributed by atoms with van der Waals surface area (Å²) >= 11 is 6.15. The summed E-state index contributed by atoms with van der Waals surface area (Å²) in [6.45, 7) is 0. The van der Waals surface area contributed by atoms with E-state index in [-0.39, 0.29) is 41.9 Å². The molecule has 2 aromatic rings. The predicted octanol–water partition coefficient (Wildman–Crippen LogP) is 3.95. The number of halogens is 1. The highest BCUT2D eigenvalue weighted by Gasteiger charge is 2.67. The summed E-state index contributed by atoms with van der Waals surface area (Å²) in [7, 11) is 1.51. The number of anilines is 1. The van der Waals surface area contributed by atoms with E-state index < -0.39 is 11.9 Å². The van der Waals surface area contributed by atoms with Crippen molar-refractivity contribution in [2.45, 2.75) is 18.9 Å². The summed E-state index contributed by atoms with van der Waals surface area (Å²) < 4.78 is 5.37. The van der Waals surface area contributed by atoms with Crippen LogP contribution in [0, 0.1) is 35.5 Å². The van der Waals surface area contributed by atoms with Crippen LogP contribution in [0.3, 0.4) is 0 Å². The third-order valence-corrected chi connectivity index (χ3v) is 8.24. The summed E-state index contributed by atoms with van der Waals surface area (Å²) in [4.78, 5) is 42.3. The Labute approximate surface area is 202 Å². The second kappa shape index (κ2) is 7.98. The van der Waals surface area contributed by atoms with E-state index in [1.165, 1.54) is 12.0 Å². The Morgan fingerprint density at radius 1 is 1.06 bits per heavy atom. The molecule has 3 amide bonds. The van der Waals surface area contributed by atoms with Gasteiger partial charge in [-0.2, -0.15) is 0 Å². The highest BCUT2D eigenvalue weighted by Crippen LogP contribution is 2.65. The number of imide groups is 1. The molecule has 2 aromatic carbocycles. The summed E-state index contributed by atoms with van der Waals surface area (Å²) in [5, 5.41) is 3.31. The van der Waals surface area contributed by atoms with E-state index >= 15 is 0 Å². The zero-order valence-electron chi connectivity index (χ0n) is 18.7. The fraction of sp³-hybridized carbons (Fsp3) is 0.370. The lowest BCUT2D eigenvalue weighted by Crippen LogP contribution is -2.49. The highest BCUT2D eigenvalue weighted by molar-refractivity contribution is 6.31. The number of nitrogens with one attached hydrogen (secondary N) is 1. The number of methoxy groups -OCH3 is 1. The first-order valence-electron chi connectivity index (χ1n) is 11.7. The van der Waals surface area contributed by atoms with Crippen LogP contribution in [-0.2, 0) is 20.8 Å². The van der Waals surface area contributed by atoms with Crippen molar-refractivity contribution in [3.05, 3.63) is 71.3 Å². The summed E-state index contributed by atoms with van der Waals surface area (Å²) in [5.41, 5.74) is 1.28. The van der Waals surface area contributed by atoms with Crippen molar-refractivity contribution in [3.63, 3.8) is 0 Å². The van der Waals surface area contributed by atoms with Gasteiger partial charge in [0.2, 0.25) is 17.7 Å². The summed E-state index contributed by atoms with van der Waals surface area (Å²) in [5.74, 6) is 0.111. The van der Waals surface area contributed by atoms with Gasteiger partial charge < -0.3 is 10.1 Å². The molecule has 7 unspecified atom stereocenters. The van der Waals surface area contributed by atoms with Gasteiger partial charge in [-0.05, 0) is 53.9 Å². The molecule has 1 aliphatic heterocycles. The molecule has 0 aromatic heterocycles. The van der Waals surface area contributed by atoms with E-state index in [1.807, 2.05) is 30.3 Å². The topological polar surface area (TPSA) is 75.7 Å². The number of nitrogens with zero attached hydrogens (tertiary/aromatic N) is 1. The standard InChI is InChI=1S/C27H25ClN2O4/c1-34-22-10-7-15(28)12-20(22)29-25(31)21(11-14-5-3-2-4-6-14)30-26(32)23-16-8-9-17(19-13-18(16)19)24(23)27(30)33/h2-10,12,16-19,21,23-24H,11,13H2,1H3,(H,29,31). The molecule has 1 saturated heterocycles. The molecule has 1 heterocycles. The largest absolute Gasteiger partial charge is 0.495 e. The van der Waals surface area contributed by atoms with Crippen LogP contribution in [0.25, 0.3) is 0 Å². The Morgan fingerprint density at radius 3 is 2.32 bits per heavy atom. The first-order chi connectivity index (χ1) is 16.5. The third kappa shape index (κ3) is 3.27. The average molecular weight is 477 g/mol.